The highest BCUT2D eigenvalue weighted by Crippen LogP contribution is 2.19. The van der Waals surface area contributed by atoms with Crippen molar-refractivity contribution in [1.29, 1.82) is 0 Å². The molecule has 0 bridgehead atoms. The zero-order chi connectivity index (χ0) is 14.3. The van der Waals surface area contributed by atoms with E-state index in [-0.39, 0.29) is 28.5 Å². The molecule has 1 rings (SSSR count). The van der Waals surface area contributed by atoms with Crippen LogP contribution in [0.4, 0.5) is 0 Å². The lowest BCUT2D eigenvalue weighted by Crippen LogP contribution is -2.25. The molecule has 1 amide bonds. The Morgan fingerprint density at radius 1 is 1.42 bits per heavy atom. The fraction of sp³-hybridized carbons (Fsp3) is 0.417. The predicted molar refractivity (Wildman–Crippen MR) is 72.5 cm³/mol. The van der Waals surface area contributed by atoms with Crippen LogP contribution in [0.1, 0.15) is 30.1 Å². The van der Waals surface area contributed by atoms with Crippen molar-refractivity contribution in [2.24, 2.45) is 0 Å². The molecule has 0 aliphatic heterocycles. The van der Waals surface area contributed by atoms with Crippen LogP contribution in [0, 0.1) is 0 Å². The summed E-state index contributed by atoms with van der Waals surface area (Å²) >= 11 is 11.4. The summed E-state index contributed by atoms with van der Waals surface area (Å²) in [5, 5.41) is 3.03. The summed E-state index contributed by atoms with van der Waals surface area (Å²) in [7, 11) is 0. The number of ether oxygens (including phenoxy) is 1. The molecule has 0 unspecified atom stereocenters. The predicted octanol–water partition coefficient (Wildman–Crippen LogP) is 2.46. The molecule has 7 heteroatoms. The Bertz CT molecular complexity index is 466. The molecule has 1 aromatic rings. The van der Waals surface area contributed by atoms with Crippen molar-refractivity contribution in [2.45, 2.75) is 19.8 Å². The van der Waals surface area contributed by atoms with Gasteiger partial charge in [-0.1, -0.05) is 23.2 Å². The smallest absolute Gasteiger partial charge is 0.305 e. The maximum absolute atomic E-state index is 11.7. The number of hydrogen-bond donors (Lipinski definition) is 1. The van der Waals surface area contributed by atoms with Crippen LogP contribution in [0.15, 0.2) is 12.3 Å². The molecule has 0 fully saturated rings. The number of carbonyl (C=O) groups is 2. The van der Waals surface area contributed by atoms with E-state index in [1.807, 2.05) is 0 Å². The van der Waals surface area contributed by atoms with E-state index in [9.17, 15) is 9.59 Å². The van der Waals surface area contributed by atoms with Crippen LogP contribution < -0.4 is 5.32 Å². The first-order valence-corrected chi connectivity index (χ1v) is 6.55. The van der Waals surface area contributed by atoms with E-state index in [4.69, 9.17) is 27.9 Å². The second-order valence-electron chi connectivity index (χ2n) is 3.66. The van der Waals surface area contributed by atoms with Crippen LogP contribution in [0.2, 0.25) is 10.2 Å². The fourth-order valence-electron chi connectivity index (χ4n) is 1.32. The number of halogens is 2. The minimum absolute atomic E-state index is 0.153. The number of hydrogen-bond acceptors (Lipinski definition) is 4. The Kier molecular flexibility index (Phi) is 6.59. The average Bonchev–Trinajstić information content (AvgIpc) is 2.38. The van der Waals surface area contributed by atoms with Gasteiger partial charge >= 0.3 is 5.97 Å². The molecular weight excluding hydrogens is 291 g/mol. The Balaban J connectivity index is 2.35. The standard InChI is InChI=1S/C12H14Cl2N2O3/c1-2-19-10(17)4-3-5-15-12(18)8-6-9(13)11(14)16-7-8/h6-7H,2-5H2,1H3,(H,15,18). The van der Waals surface area contributed by atoms with Gasteiger partial charge in [0, 0.05) is 19.2 Å². The number of nitrogens with one attached hydrogen (secondary N) is 1. The van der Waals surface area contributed by atoms with Crippen LogP contribution in [0.3, 0.4) is 0 Å². The maximum Gasteiger partial charge on any atom is 0.305 e. The summed E-state index contributed by atoms with van der Waals surface area (Å²) in [5.74, 6) is -0.581. The summed E-state index contributed by atoms with van der Waals surface area (Å²) in [6, 6.07) is 1.44. The summed E-state index contributed by atoms with van der Waals surface area (Å²) in [6.07, 6.45) is 2.13. The molecule has 0 aliphatic rings. The van der Waals surface area contributed by atoms with E-state index in [1.165, 1.54) is 12.3 Å². The van der Waals surface area contributed by atoms with Crippen molar-refractivity contribution >= 4 is 35.1 Å². The SMILES string of the molecule is CCOC(=O)CCCNC(=O)c1cnc(Cl)c(Cl)c1. The summed E-state index contributed by atoms with van der Waals surface area (Å²) in [4.78, 5) is 26.6. The molecule has 1 aromatic heterocycles. The zero-order valence-corrected chi connectivity index (χ0v) is 11.9. The number of nitrogens with zero attached hydrogens (tertiary/aromatic N) is 1. The molecule has 0 spiro atoms. The number of aromatic nitrogens is 1. The van der Waals surface area contributed by atoms with Crippen molar-refractivity contribution in [2.75, 3.05) is 13.2 Å². The number of carbonyl (C=O) groups excluding carboxylic acids is 2. The second kappa shape index (κ2) is 7.96. The van der Waals surface area contributed by atoms with Gasteiger partial charge in [0.15, 0.2) is 0 Å². The Morgan fingerprint density at radius 2 is 2.16 bits per heavy atom. The van der Waals surface area contributed by atoms with E-state index in [0.29, 0.717) is 25.1 Å². The number of rotatable bonds is 6. The van der Waals surface area contributed by atoms with Crippen LogP contribution in [0.5, 0.6) is 0 Å². The highest BCUT2D eigenvalue weighted by Gasteiger charge is 2.09. The van der Waals surface area contributed by atoms with Crippen molar-refractivity contribution < 1.29 is 14.3 Å². The molecule has 0 radical (unpaired) electrons. The van der Waals surface area contributed by atoms with Crippen LogP contribution in [-0.4, -0.2) is 30.0 Å². The maximum atomic E-state index is 11.7. The molecular formula is C12H14Cl2N2O3. The van der Waals surface area contributed by atoms with Crippen molar-refractivity contribution in [3.8, 4) is 0 Å². The third-order valence-electron chi connectivity index (χ3n) is 2.21. The Labute approximate surface area is 121 Å². The Hall–Kier alpha value is -1.33. The van der Waals surface area contributed by atoms with E-state index >= 15 is 0 Å². The van der Waals surface area contributed by atoms with Gasteiger partial charge in [-0.25, -0.2) is 4.98 Å². The van der Waals surface area contributed by atoms with Gasteiger partial charge in [0.1, 0.15) is 5.15 Å². The van der Waals surface area contributed by atoms with E-state index in [2.05, 4.69) is 10.3 Å². The van der Waals surface area contributed by atoms with Gasteiger partial charge < -0.3 is 10.1 Å². The number of pyridine rings is 1. The first-order chi connectivity index (χ1) is 9.04. The molecule has 1 heterocycles. The molecule has 0 saturated heterocycles. The summed E-state index contributed by atoms with van der Waals surface area (Å²) < 4.78 is 4.77. The quantitative estimate of drug-likeness (QED) is 0.498. The number of amides is 1. The van der Waals surface area contributed by atoms with Crippen molar-refractivity contribution in [3.05, 3.63) is 28.0 Å². The lowest BCUT2D eigenvalue weighted by Gasteiger charge is -2.05. The van der Waals surface area contributed by atoms with Crippen LogP contribution >= 0.6 is 23.2 Å². The second-order valence-corrected chi connectivity index (χ2v) is 4.43. The third-order valence-corrected chi connectivity index (χ3v) is 2.89. The zero-order valence-electron chi connectivity index (χ0n) is 10.4. The first kappa shape index (κ1) is 15.7. The summed E-state index contributed by atoms with van der Waals surface area (Å²) in [6.45, 7) is 2.48. The number of esters is 1. The normalized spacial score (nSPS) is 10.1. The van der Waals surface area contributed by atoms with Gasteiger partial charge in [-0.15, -0.1) is 0 Å². The molecule has 0 aliphatic carbocycles. The van der Waals surface area contributed by atoms with Crippen LogP contribution in [0.25, 0.3) is 0 Å². The lowest BCUT2D eigenvalue weighted by molar-refractivity contribution is -0.143. The Morgan fingerprint density at radius 3 is 2.79 bits per heavy atom. The average molecular weight is 305 g/mol. The summed E-state index contributed by atoms with van der Waals surface area (Å²) in [5.41, 5.74) is 0.325. The molecule has 104 valence electrons. The fourth-order valence-corrected chi connectivity index (χ4v) is 1.58. The van der Waals surface area contributed by atoms with Gasteiger partial charge in [-0.3, -0.25) is 9.59 Å². The minimum Gasteiger partial charge on any atom is -0.466 e. The van der Waals surface area contributed by atoms with Crippen LogP contribution in [-0.2, 0) is 9.53 Å². The first-order valence-electron chi connectivity index (χ1n) is 5.79. The molecule has 1 N–H and O–H groups in total. The van der Waals surface area contributed by atoms with Crippen molar-refractivity contribution in [3.63, 3.8) is 0 Å². The van der Waals surface area contributed by atoms with E-state index < -0.39 is 0 Å². The molecule has 0 saturated carbocycles. The minimum atomic E-state index is -0.310. The van der Waals surface area contributed by atoms with Crippen molar-refractivity contribution in [1.82, 2.24) is 10.3 Å². The van der Waals surface area contributed by atoms with Gasteiger partial charge in [0.05, 0.1) is 17.2 Å². The third kappa shape index (κ3) is 5.44. The largest absolute Gasteiger partial charge is 0.466 e. The van der Waals surface area contributed by atoms with E-state index in [1.54, 1.807) is 6.92 Å². The molecule has 5 nitrogen and oxygen atoms in total. The topological polar surface area (TPSA) is 68.3 Å². The lowest BCUT2D eigenvalue weighted by atomic mass is 10.2. The highest BCUT2D eigenvalue weighted by atomic mass is 35.5. The molecule has 19 heavy (non-hydrogen) atoms. The molecule has 0 atom stereocenters. The van der Waals surface area contributed by atoms with Gasteiger partial charge in [0.2, 0.25) is 0 Å². The van der Waals surface area contributed by atoms with Gasteiger partial charge in [-0.05, 0) is 19.4 Å². The van der Waals surface area contributed by atoms with E-state index in [0.717, 1.165) is 0 Å². The molecule has 0 aromatic carbocycles. The monoisotopic (exact) mass is 304 g/mol. The highest BCUT2D eigenvalue weighted by molar-refractivity contribution is 6.41. The van der Waals surface area contributed by atoms with Gasteiger partial charge in [0.25, 0.3) is 5.91 Å². The van der Waals surface area contributed by atoms with Gasteiger partial charge in [-0.2, -0.15) is 0 Å².